The van der Waals surface area contributed by atoms with E-state index in [0.717, 1.165) is 21.3 Å². The molecule has 0 unspecified atom stereocenters. The molecular formula is C25H22BrN5O4S. The number of carbonyl (C=O) groups is 1. The van der Waals surface area contributed by atoms with E-state index in [-0.39, 0.29) is 17.3 Å². The number of benzene rings is 3. The molecule has 36 heavy (non-hydrogen) atoms. The lowest BCUT2D eigenvalue weighted by Gasteiger charge is -2.10. The summed E-state index contributed by atoms with van der Waals surface area (Å²) in [5.41, 5.74) is 2.17. The molecule has 9 nitrogen and oxygen atoms in total. The van der Waals surface area contributed by atoms with E-state index in [0.29, 0.717) is 29.8 Å². The number of para-hydroxylation sites is 1. The Bertz CT molecular complexity index is 1390. The SMILES string of the molecule is CCn1c(SCC(=O)Nc2cccc([N+](=O)[O-])c2)nnc1-c1cccc(COc2ccccc2Br)c1. The molecule has 0 saturated carbocycles. The third kappa shape index (κ3) is 6.29. The molecule has 1 heterocycles. The van der Waals surface area contributed by atoms with Crippen LogP contribution in [0.4, 0.5) is 11.4 Å². The molecule has 0 atom stereocenters. The summed E-state index contributed by atoms with van der Waals surface area (Å²) in [4.78, 5) is 22.9. The number of amides is 1. The Morgan fingerprint density at radius 2 is 1.92 bits per heavy atom. The van der Waals surface area contributed by atoms with Gasteiger partial charge in [-0.15, -0.1) is 10.2 Å². The number of anilines is 1. The molecule has 184 valence electrons. The minimum atomic E-state index is -0.503. The molecule has 0 spiro atoms. The Balaban J connectivity index is 1.42. The molecule has 4 aromatic rings. The maximum atomic E-state index is 12.4. The number of hydrogen-bond acceptors (Lipinski definition) is 7. The number of non-ortho nitro benzene ring substituents is 1. The Morgan fingerprint density at radius 1 is 1.11 bits per heavy atom. The average molecular weight is 568 g/mol. The van der Waals surface area contributed by atoms with Crippen molar-refractivity contribution in [1.82, 2.24) is 14.8 Å². The Morgan fingerprint density at radius 3 is 2.69 bits per heavy atom. The quantitative estimate of drug-likeness (QED) is 0.143. The van der Waals surface area contributed by atoms with Crippen LogP contribution >= 0.6 is 27.7 Å². The van der Waals surface area contributed by atoms with Crippen LogP contribution in [0.1, 0.15) is 12.5 Å². The van der Waals surface area contributed by atoms with Crippen molar-refractivity contribution in [2.45, 2.75) is 25.2 Å². The van der Waals surface area contributed by atoms with Gasteiger partial charge in [0.05, 0.1) is 15.1 Å². The number of carbonyl (C=O) groups excluding carboxylic acids is 1. The summed E-state index contributed by atoms with van der Waals surface area (Å²) in [5.74, 6) is 1.25. The van der Waals surface area contributed by atoms with Gasteiger partial charge in [-0.2, -0.15) is 0 Å². The zero-order chi connectivity index (χ0) is 25.5. The third-order valence-electron chi connectivity index (χ3n) is 5.12. The maximum Gasteiger partial charge on any atom is 0.271 e. The smallest absolute Gasteiger partial charge is 0.271 e. The van der Waals surface area contributed by atoms with Crippen molar-refractivity contribution in [3.8, 4) is 17.1 Å². The number of aromatic nitrogens is 3. The average Bonchev–Trinajstić information content (AvgIpc) is 3.30. The van der Waals surface area contributed by atoms with Crippen molar-refractivity contribution in [3.63, 3.8) is 0 Å². The number of nitro groups is 1. The second kappa shape index (κ2) is 11.8. The summed E-state index contributed by atoms with van der Waals surface area (Å²) in [6.07, 6.45) is 0. The Labute approximate surface area is 220 Å². The lowest BCUT2D eigenvalue weighted by Crippen LogP contribution is -2.14. The molecule has 1 amide bonds. The summed E-state index contributed by atoms with van der Waals surface area (Å²) in [6, 6.07) is 21.4. The van der Waals surface area contributed by atoms with E-state index in [2.05, 4.69) is 31.4 Å². The highest BCUT2D eigenvalue weighted by molar-refractivity contribution is 9.10. The fraction of sp³-hybridized carbons (Fsp3) is 0.160. The molecule has 0 fully saturated rings. The number of rotatable bonds is 10. The first-order valence-corrected chi connectivity index (χ1v) is 12.8. The van der Waals surface area contributed by atoms with Crippen LogP contribution in [0.25, 0.3) is 11.4 Å². The highest BCUT2D eigenvalue weighted by Crippen LogP contribution is 2.27. The van der Waals surface area contributed by atoms with Crippen molar-refractivity contribution in [3.05, 3.63) is 92.9 Å². The molecule has 1 N–H and O–H groups in total. The predicted molar refractivity (Wildman–Crippen MR) is 142 cm³/mol. The van der Waals surface area contributed by atoms with Crippen LogP contribution in [0.5, 0.6) is 5.75 Å². The Hall–Kier alpha value is -3.70. The molecule has 11 heteroatoms. The van der Waals surface area contributed by atoms with Gasteiger partial charge in [0.25, 0.3) is 5.69 Å². The number of nitro benzene ring substituents is 1. The van der Waals surface area contributed by atoms with E-state index in [4.69, 9.17) is 4.74 Å². The number of thioether (sulfide) groups is 1. The topological polar surface area (TPSA) is 112 Å². The van der Waals surface area contributed by atoms with Gasteiger partial charge < -0.3 is 14.6 Å². The first kappa shape index (κ1) is 25.4. The third-order valence-corrected chi connectivity index (χ3v) is 6.74. The van der Waals surface area contributed by atoms with E-state index in [1.54, 1.807) is 6.07 Å². The van der Waals surface area contributed by atoms with E-state index in [1.165, 1.54) is 30.0 Å². The molecule has 1 aromatic heterocycles. The number of ether oxygens (including phenoxy) is 1. The molecular weight excluding hydrogens is 546 g/mol. The zero-order valence-corrected chi connectivity index (χ0v) is 21.7. The van der Waals surface area contributed by atoms with Crippen LogP contribution < -0.4 is 10.1 Å². The standard InChI is InChI=1S/C25H22BrN5O4S/c1-2-30-24(18-8-5-7-17(13-18)15-35-22-12-4-3-11-21(22)26)28-29-25(30)36-16-23(32)27-19-9-6-10-20(14-19)31(33)34/h3-14H,2,15-16H2,1H3,(H,27,32). The van der Waals surface area contributed by atoms with Crippen molar-refractivity contribution in [1.29, 1.82) is 0 Å². The lowest BCUT2D eigenvalue weighted by atomic mass is 10.1. The molecule has 0 aliphatic carbocycles. The molecule has 0 bridgehead atoms. The summed E-state index contributed by atoms with van der Waals surface area (Å²) in [6.45, 7) is 3.00. The number of nitrogens with one attached hydrogen (secondary N) is 1. The zero-order valence-electron chi connectivity index (χ0n) is 19.3. The van der Waals surface area contributed by atoms with Gasteiger partial charge in [-0.25, -0.2) is 0 Å². The van der Waals surface area contributed by atoms with E-state index in [9.17, 15) is 14.9 Å². The van der Waals surface area contributed by atoms with Crippen molar-refractivity contribution < 1.29 is 14.5 Å². The summed E-state index contributed by atoms with van der Waals surface area (Å²) < 4.78 is 8.77. The molecule has 0 radical (unpaired) electrons. The molecule has 3 aromatic carbocycles. The molecule has 4 rings (SSSR count). The van der Waals surface area contributed by atoms with Gasteiger partial charge in [0.1, 0.15) is 12.4 Å². The normalized spacial score (nSPS) is 10.7. The van der Waals surface area contributed by atoms with Gasteiger partial charge in [-0.05, 0) is 52.7 Å². The minimum absolute atomic E-state index is 0.0835. The van der Waals surface area contributed by atoms with Gasteiger partial charge in [0, 0.05) is 29.9 Å². The van der Waals surface area contributed by atoms with Crippen LogP contribution in [-0.2, 0) is 17.9 Å². The number of hydrogen-bond donors (Lipinski definition) is 1. The van der Waals surface area contributed by atoms with Gasteiger partial charge in [-0.3, -0.25) is 14.9 Å². The second-order valence-corrected chi connectivity index (χ2v) is 9.41. The van der Waals surface area contributed by atoms with Crippen LogP contribution in [-0.4, -0.2) is 31.3 Å². The number of nitrogens with zero attached hydrogens (tertiary/aromatic N) is 4. The minimum Gasteiger partial charge on any atom is -0.488 e. The fourth-order valence-electron chi connectivity index (χ4n) is 3.44. The summed E-state index contributed by atoms with van der Waals surface area (Å²) in [5, 5.41) is 22.9. The first-order valence-electron chi connectivity index (χ1n) is 11.0. The molecule has 0 aliphatic heterocycles. The van der Waals surface area contributed by atoms with Crippen LogP contribution in [0, 0.1) is 10.1 Å². The van der Waals surface area contributed by atoms with E-state index >= 15 is 0 Å². The van der Waals surface area contributed by atoms with Gasteiger partial charge in [-0.1, -0.05) is 48.2 Å². The van der Waals surface area contributed by atoms with Gasteiger partial charge in [0.2, 0.25) is 5.91 Å². The Kier molecular flexibility index (Phi) is 8.34. The van der Waals surface area contributed by atoms with Crippen LogP contribution in [0.15, 0.2) is 82.4 Å². The summed E-state index contributed by atoms with van der Waals surface area (Å²) >= 11 is 4.74. The molecule has 0 saturated heterocycles. The highest BCUT2D eigenvalue weighted by atomic mass is 79.9. The highest BCUT2D eigenvalue weighted by Gasteiger charge is 2.16. The molecule has 0 aliphatic rings. The second-order valence-electron chi connectivity index (χ2n) is 7.61. The van der Waals surface area contributed by atoms with Crippen molar-refractivity contribution >= 4 is 45.0 Å². The monoisotopic (exact) mass is 567 g/mol. The van der Waals surface area contributed by atoms with E-state index < -0.39 is 4.92 Å². The van der Waals surface area contributed by atoms with E-state index in [1.807, 2.05) is 60.0 Å². The maximum absolute atomic E-state index is 12.4. The first-order chi connectivity index (χ1) is 17.4. The van der Waals surface area contributed by atoms with Crippen molar-refractivity contribution in [2.75, 3.05) is 11.1 Å². The number of halogens is 1. The van der Waals surface area contributed by atoms with Crippen LogP contribution in [0.3, 0.4) is 0 Å². The lowest BCUT2D eigenvalue weighted by molar-refractivity contribution is -0.384. The predicted octanol–water partition coefficient (Wildman–Crippen LogP) is 5.95. The summed E-state index contributed by atoms with van der Waals surface area (Å²) in [7, 11) is 0. The largest absolute Gasteiger partial charge is 0.488 e. The van der Waals surface area contributed by atoms with Gasteiger partial charge >= 0.3 is 0 Å². The fourth-order valence-corrected chi connectivity index (χ4v) is 4.64. The van der Waals surface area contributed by atoms with Gasteiger partial charge in [0.15, 0.2) is 11.0 Å². The van der Waals surface area contributed by atoms with Crippen molar-refractivity contribution in [2.24, 2.45) is 0 Å². The van der Waals surface area contributed by atoms with Crippen LogP contribution in [0.2, 0.25) is 0 Å².